The third-order valence-corrected chi connectivity index (χ3v) is 6.74. The van der Waals surface area contributed by atoms with Crippen molar-refractivity contribution < 1.29 is 9.59 Å². The van der Waals surface area contributed by atoms with Crippen molar-refractivity contribution in [1.82, 2.24) is 19.6 Å². The van der Waals surface area contributed by atoms with Crippen molar-refractivity contribution in [2.24, 2.45) is 13.0 Å². The molecule has 0 saturated carbocycles. The minimum Gasteiger partial charge on any atom is -0.341 e. The first-order valence-electron chi connectivity index (χ1n) is 10.8. The van der Waals surface area contributed by atoms with Crippen molar-refractivity contribution in [3.05, 3.63) is 65.3 Å². The molecule has 31 heavy (non-hydrogen) atoms. The fourth-order valence-electron chi connectivity index (χ4n) is 4.26. The average Bonchev–Trinajstić information content (AvgIpc) is 3.43. The van der Waals surface area contributed by atoms with Crippen LogP contribution in [0.5, 0.6) is 0 Å². The number of hydrogen-bond acceptors (Lipinski definition) is 4. The van der Waals surface area contributed by atoms with Crippen molar-refractivity contribution in [3.63, 3.8) is 0 Å². The van der Waals surface area contributed by atoms with Gasteiger partial charge in [0.2, 0.25) is 5.91 Å². The van der Waals surface area contributed by atoms with Gasteiger partial charge in [-0.3, -0.25) is 14.3 Å². The first kappa shape index (κ1) is 21.3. The van der Waals surface area contributed by atoms with E-state index < -0.39 is 0 Å². The molecule has 3 aromatic rings. The molecule has 2 aromatic heterocycles. The molecule has 1 atom stereocenters. The van der Waals surface area contributed by atoms with E-state index in [0.29, 0.717) is 31.7 Å². The van der Waals surface area contributed by atoms with Crippen LogP contribution in [0.15, 0.2) is 54.0 Å². The molecule has 0 bridgehead atoms. The first-order valence-corrected chi connectivity index (χ1v) is 11.6. The minimum absolute atomic E-state index is 0.0670. The van der Waals surface area contributed by atoms with Gasteiger partial charge in [0.1, 0.15) is 5.69 Å². The molecule has 6 nitrogen and oxygen atoms in total. The third-order valence-electron chi connectivity index (χ3n) is 5.83. The number of benzene rings is 1. The van der Waals surface area contributed by atoms with Gasteiger partial charge in [-0.1, -0.05) is 37.3 Å². The summed E-state index contributed by atoms with van der Waals surface area (Å²) in [5, 5.41) is 6.20. The van der Waals surface area contributed by atoms with Crippen LogP contribution < -0.4 is 0 Å². The Kier molecular flexibility index (Phi) is 6.51. The monoisotopic (exact) mass is 436 g/mol. The molecule has 1 aliphatic heterocycles. The second-order valence-electron chi connectivity index (χ2n) is 7.95. The largest absolute Gasteiger partial charge is 0.341 e. The highest BCUT2D eigenvalue weighted by Crippen LogP contribution is 2.30. The Morgan fingerprint density at radius 3 is 2.71 bits per heavy atom. The van der Waals surface area contributed by atoms with Gasteiger partial charge in [0, 0.05) is 44.3 Å². The lowest BCUT2D eigenvalue weighted by Gasteiger charge is -2.24. The van der Waals surface area contributed by atoms with E-state index in [1.54, 1.807) is 35.3 Å². The van der Waals surface area contributed by atoms with Crippen LogP contribution in [0.3, 0.4) is 0 Å². The summed E-state index contributed by atoms with van der Waals surface area (Å²) in [6, 6.07) is 14.2. The average molecular weight is 437 g/mol. The molecule has 1 fully saturated rings. The molecule has 3 heterocycles. The maximum Gasteiger partial charge on any atom is 0.272 e. The molecular weight excluding hydrogens is 408 g/mol. The fourth-order valence-corrected chi connectivity index (χ4v) is 5.04. The van der Waals surface area contributed by atoms with E-state index in [4.69, 9.17) is 0 Å². The van der Waals surface area contributed by atoms with Crippen LogP contribution in [0.25, 0.3) is 10.4 Å². The van der Waals surface area contributed by atoms with Crippen molar-refractivity contribution in [1.29, 1.82) is 0 Å². The molecule has 0 unspecified atom stereocenters. The summed E-state index contributed by atoms with van der Waals surface area (Å²) >= 11 is 1.70. The predicted octanol–water partition coefficient (Wildman–Crippen LogP) is 3.70. The van der Waals surface area contributed by atoms with Gasteiger partial charge in [0.15, 0.2) is 0 Å². The van der Waals surface area contributed by atoms with Crippen molar-refractivity contribution in [3.8, 4) is 10.4 Å². The second kappa shape index (κ2) is 9.47. The maximum atomic E-state index is 13.4. The van der Waals surface area contributed by atoms with Gasteiger partial charge in [0.25, 0.3) is 5.91 Å². The van der Waals surface area contributed by atoms with Gasteiger partial charge in [-0.15, -0.1) is 11.3 Å². The van der Waals surface area contributed by atoms with Crippen molar-refractivity contribution in [2.75, 3.05) is 26.2 Å². The molecule has 0 N–H and O–H groups in total. The summed E-state index contributed by atoms with van der Waals surface area (Å²) in [5.41, 5.74) is 2.87. The summed E-state index contributed by atoms with van der Waals surface area (Å²) in [5.74, 6) is -0.196. The number of carbonyl (C=O) groups excluding carboxylic acids is 2. The van der Waals surface area contributed by atoms with E-state index in [1.165, 1.54) is 10.4 Å². The highest BCUT2D eigenvalue weighted by atomic mass is 32.1. The minimum atomic E-state index is -0.271. The van der Waals surface area contributed by atoms with Crippen molar-refractivity contribution in [2.45, 2.75) is 19.8 Å². The molecular formula is C24H28N4O2S. The Morgan fingerprint density at radius 2 is 2.00 bits per heavy atom. The first-order chi connectivity index (χ1) is 15.1. The molecule has 7 heteroatoms. The van der Waals surface area contributed by atoms with E-state index in [0.717, 1.165) is 18.5 Å². The van der Waals surface area contributed by atoms with Gasteiger partial charge < -0.3 is 9.80 Å². The highest BCUT2D eigenvalue weighted by Gasteiger charge is 2.33. The van der Waals surface area contributed by atoms with Crippen LogP contribution in [0, 0.1) is 5.92 Å². The summed E-state index contributed by atoms with van der Waals surface area (Å²) in [6.07, 6.45) is 3.15. The molecule has 1 aromatic carbocycles. The van der Waals surface area contributed by atoms with Crippen LogP contribution in [0.2, 0.25) is 0 Å². The molecule has 0 spiro atoms. The van der Waals surface area contributed by atoms with Crippen LogP contribution >= 0.6 is 11.3 Å². The number of thiophene rings is 1. The normalized spacial score (nSPS) is 17.1. The SMILES string of the molecule is CCCN1CCN(C(=O)c2ccnn2C)C[C@H](Cc2ccccc2-c2cccs2)C1=O. The second-order valence-corrected chi connectivity index (χ2v) is 8.90. The molecule has 0 radical (unpaired) electrons. The molecule has 4 rings (SSSR count). The van der Waals surface area contributed by atoms with Gasteiger partial charge in [0.05, 0.1) is 5.92 Å². The zero-order valence-electron chi connectivity index (χ0n) is 18.0. The van der Waals surface area contributed by atoms with Crippen LogP contribution in [-0.2, 0) is 18.3 Å². The van der Waals surface area contributed by atoms with Crippen LogP contribution in [0.1, 0.15) is 29.4 Å². The molecule has 2 amide bonds. The molecule has 0 aliphatic carbocycles. The number of carbonyl (C=O) groups is 2. The Balaban J connectivity index is 1.63. The van der Waals surface area contributed by atoms with Crippen molar-refractivity contribution >= 4 is 23.2 Å². The highest BCUT2D eigenvalue weighted by molar-refractivity contribution is 7.13. The number of rotatable bonds is 6. The summed E-state index contributed by atoms with van der Waals surface area (Å²) in [6.45, 7) is 4.33. The van der Waals surface area contributed by atoms with Crippen LogP contribution in [0.4, 0.5) is 0 Å². The van der Waals surface area contributed by atoms with E-state index in [9.17, 15) is 9.59 Å². The quantitative estimate of drug-likeness (QED) is 0.592. The molecule has 1 saturated heterocycles. The summed E-state index contributed by atoms with van der Waals surface area (Å²) < 4.78 is 1.60. The number of nitrogens with zero attached hydrogens (tertiary/aromatic N) is 4. The Labute approximate surface area is 187 Å². The smallest absolute Gasteiger partial charge is 0.272 e. The number of aryl methyl sites for hydroxylation is 1. The van der Waals surface area contributed by atoms with Gasteiger partial charge in [-0.25, -0.2) is 0 Å². The number of hydrogen-bond donors (Lipinski definition) is 0. The Hall–Kier alpha value is -2.93. The van der Waals surface area contributed by atoms with E-state index in [1.807, 2.05) is 28.0 Å². The van der Waals surface area contributed by atoms with Gasteiger partial charge >= 0.3 is 0 Å². The Morgan fingerprint density at radius 1 is 1.16 bits per heavy atom. The summed E-state index contributed by atoms with van der Waals surface area (Å²) in [7, 11) is 1.77. The lowest BCUT2D eigenvalue weighted by Crippen LogP contribution is -2.38. The van der Waals surface area contributed by atoms with E-state index >= 15 is 0 Å². The lowest BCUT2D eigenvalue weighted by atomic mass is 9.93. The third kappa shape index (κ3) is 4.56. The maximum absolute atomic E-state index is 13.4. The van der Waals surface area contributed by atoms with Gasteiger partial charge in [-0.2, -0.15) is 5.10 Å². The zero-order valence-corrected chi connectivity index (χ0v) is 18.8. The van der Waals surface area contributed by atoms with Gasteiger partial charge in [-0.05, 0) is 41.5 Å². The summed E-state index contributed by atoms with van der Waals surface area (Å²) in [4.78, 5) is 31.6. The molecule has 162 valence electrons. The number of aromatic nitrogens is 2. The number of amides is 2. The van der Waals surface area contributed by atoms with E-state index in [-0.39, 0.29) is 17.7 Å². The zero-order chi connectivity index (χ0) is 21.8. The predicted molar refractivity (Wildman–Crippen MR) is 123 cm³/mol. The topological polar surface area (TPSA) is 58.4 Å². The Bertz CT molecular complexity index is 1040. The van der Waals surface area contributed by atoms with Crippen LogP contribution in [-0.4, -0.2) is 57.6 Å². The fraction of sp³-hybridized carbons (Fsp3) is 0.375. The standard InChI is InChI=1S/C24H28N4O2S/c1-3-12-27-13-14-28(24(30)21-10-11-25-26(21)2)17-19(23(27)29)16-18-7-4-5-8-20(18)22-9-6-15-31-22/h4-11,15,19H,3,12-14,16-17H2,1-2H3/t19-/m0/s1. The van der Waals surface area contributed by atoms with E-state index in [2.05, 4.69) is 35.6 Å². The lowest BCUT2D eigenvalue weighted by molar-refractivity contribution is -0.134. The molecule has 1 aliphatic rings.